The summed E-state index contributed by atoms with van der Waals surface area (Å²) in [6, 6.07) is 0. The second kappa shape index (κ2) is 6.39. The van der Waals surface area contributed by atoms with Crippen LogP contribution in [0, 0.1) is 0 Å². The molecule has 0 atom stereocenters. The quantitative estimate of drug-likeness (QED) is 0.830. The van der Waals surface area contributed by atoms with E-state index in [0.29, 0.717) is 18.1 Å². The lowest BCUT2D eigenvalue weighted by Gasteiger charge is -2.19. The van der Waals surface area contributed by atoms with Gasteiger partial charge in [-0.3, -0.25) is 4.79 Å². The van der Waals surface area contributed by atoms with Gasteiger partial charge in [-0.2, -0.15) is 0 Å². The second-order valence-corrected chi connectivity index (χ2v) is 4.50. The Morgan fingerprint density at radius 3 is 2.44 bits per heavy atom. The molecule has 100 valence electrons. The van der Waals surface area contributed by atoms with E-state index in [4.69, 9.17) is 10.5 Å². The topological polar surface area (TPSA) is 72.6 Å². The summed E-state index contributed by atoms with van der Waals surface area (Å²) in [6.45, 7) is 6.91. The van der Waals surface area contributed by atoms with Gasteiger partial charge in [0.15, 0.2) is 0 Å². The molecule has 1 heterocycles. The number of carbonyl (C=O) groups is 2. The zero-order chi connectivity index (χ0) is 13.7. The molecule has 0 radical (unpaired) electrons. The van der Waals surface area contributed by atoms with Gasteiger partial charge in [0.25, 0.3) is 5.91 Å². The predicted octanol–water partition coefficient (Wildman–Crippen LogP) is 1.99. The smallest absolute Gasteiger partial charge is 0.339 e. The van der Waals surface area contributed by atoms with Crippen LogP contribution in [0.25, 0.3) is 0 Å². The summed E-state index contributed by atoms with van der Waals surface area (Å²) in [6.07, 6.45) is 0. The Kier molecular flexibility index (Phi) is 5.15. The number of hydrogen-bond donors (Lipinski definition) is 1. The minimum absolute atomic E-state index is 0.221. The van der Waals surface area contributed by atoms with Crippen LogP contribution in [0.5, 0.6) is 0 Å². The normalized spacial score (nSPS) is 10.2. The summed E-state index contributed by atoms with van der Waals surface area (Å²) in [5, 5.41) is 1.93. The molecule has 0 saturated heterocycles. The van der Waals surface area contributed by atoms with Crippen molar-refractivity contribution in [2.75, 3.05) is 25.4 Å². The van der Waals surface area contributed by atoms with Crippen LogP contribution in [-0.2, 0) is 4.74 Å². The Morgan fingerprint density at radius 2 is 1.94 bits per heavy atom. The molecule has 0 aliphatic rings. The molecule has 1 rings (SSSR count). The van der Waals surface area contributed by atoms with Gasteiger partial charge in [0.1, 0.15) is 0 Å². The number of carbonyl (C=O) groups excluding carboxylic acids is 2. The van der Waals surface area contributed by atoms with Crippen molar-refractivity contribution in [3.05, 3.63) is 16.5 Å². The fourth-order valence-corrected chi connectivity index (χ4v) is 2.40. The highest BCUT2D eigenvalue weighted by Gasteiger charge is 2.25. The molecule has 0 aliphatic heterocycles. The zero-order valence-corrected chi connectivity index (χ0v) is 11.7. The van der Waals surface area contributed by atoms with Gasteiger partial charge in [-0.05, 0) is 20.8 Å². The standard InChI is InChI=1S/C12H18N2O3S/c1-4-14(5-2)11(15)9-8(7-18-10(9)13)12(16)17-6-3/h7H,4-6,13H2,1-3H3. The van der Waals surface area contributed by atoms with Crippen molar-refractivity contribution in [3.8, 4) is 0 Å². The van der Waals surface area contributed by atoms with Gasteiger partial charge < -0.3 is 15.4 Å². The van der Waals surface area contributed by atoms with Crippen LogP contribution in [0.15, 0.2) is 5.38 Å². The third-order valence-electron chi connectivity index (χ3n) is 2.58. The highest BCUT2D eigenvalue weighted by Crippen LogP contribution is 2.27. The van der Waals surface area contributed by atoms with Crippen LogP contribution >= 0.6 is 11.3 Å². The molecule has 18 heavy (non-hydrogen) atoms. The molecule has 0 spiro atoms. The second-order valence-electron chi connectivity index (χ2n) is 3.59. The fraction of sp³-hybridized carbons (Fsp3) is 0.500. The fourth-order valence-electron chi connectivity index (χ4n) is 1.62. The number of amides is 1. The minimum Gasteiger partial charge on any atom is -0.462 e. The molecule has 0 unspecified atom stereocenters. The van der Waals surface area contributed by atoms with E-state index >= 15 is 0 Å². The van der Waals surface area contributed by atoms with Crippen molar-refractivity contribution in [3.63, 3.8) is 0 Å². The molecule has 0 fully saturated rings. The lowest BCUT2D eigenvalue weighted by Crippen LogP contribution is -2.31. The van der Waals surface area contributed by atoms with Crippen LogP contribution in [0.3, 0.4) is 0 Å². The number of anilines is 1. The van der Waals surface area contributed by atoms with Gasteiger partial charge in [-0.1, -0.05) is 0 Å². The Labute approximate surface area is 111 Å². The van der Waals surface area contributed by atoms with Crippen molar-refractivity contribution in [2.45, 2.75) is 20.8 Å². The van der Waals surface area contributed by atoms with Gasteiger partial charge in [0.2, 0.25) is 0 Å². The Hall–Kier alpha value is -1.56. The van der Waals surface area contributed by atoms with E-state index in [9.17, 15) is 9.59 Å². The Balaban J connectivity index is 3.11. The van der Waals surface area contributed by atoms with Crippen LogP contribution in [0.1, 0.15) is 41.5 Å². The third-order valence-corrected chi connectivity index (χ3v) is 3.39. The van der Waals surface area contributed by atoms with E-state index in [1.807, 2.05) is 13.8 Å². The van der Waals surface area contributed by atoms with E-state index in [0.717, 1.165) is 0 Å². The number of thiophene rings is 1. The third kappa shape index (κ3) is 2.81. The van der Waals surface area contributed by atoms with E-state index in [1.54, 1.807) is 17.2 Å². The monoisotopic (exact) mass is 270 g/mol. The molecular weight excluding hydrogens is 252 g/mol. The van der Waals surface area contributed by atoms with Gasteiger partial charge in [-0.15, -0.1) is 11.3 Å². The first-order chi connectivity index (χ1) is 8.56. The number of rotatable bonds is 5. The minimum atomic E-state index is -0.499. The Morgan fingerprint density at radius 1 is 1.33 bits per heavy atom. The van der Waals surface area contributed by atoms with Crippen molar-refractivity contribution in [1.82, 2.24) is 4.90 Å². The molecule has 1 amide bonds. The predicted molar refractivity (Wildman–Crippen MR) is 71.9 cm³/mol. The molecule has 2 N–H and O–H groups in total. The number of hydrogen-bond acceptors (Lipinski definition) is 5. The number of ether oxygens (including phenoxy) is 1. The van der Waals surface area contributed by atoms with E-state index < -0.39 is 5.97 Å². The van der Waals surface area contributed by atoms with E-state index in [2.05, 4.69) is 0 Å². The van der Waals surface area contributed by atoms with Crippen LogP contribution in [0.2, 0.25) is 0 Å². The van der Waals surface area contributed by atoms with Crippen molar-refractivity contribution in [2.24, 2.45) is 0 Å². The summed E-state index contributed by atoms with van der Waals surface area (Å²) in [5.74, 6) is -0.720. The van der Waals surface area contributed by atoms with E-state index in [1.165, 1.54) is 11.3 Å². The summed E-state index contributed by atoms with van der Waals surface area (Å²) in [7, 11) is 0. The first-order valence-electron chi connectivity index (χ1n) is 5.90. The molecule has 0 aromatic carbocycles. The first kappa shape index (κ1) is 14.5. The molecule has 0 aliphatic carbocycles. The van der Waals surface area contributed by atoms with Gasteiger partial charge in [-0.25, -0.2) is 4.79 Å². The van der Waals surface area contributed by atoms with Gasteiger partial charge >= 0.3 is 5.97 Å². The number of nitrogens with zero attached hydrogens (tertiary/aromatic N) is 1. The molecule has 6 heteroatoms. The van der Waals surface area contributed by atoms with Crippen LogP contribution < -0.4 is 5.73 Å². The lowest BCUT2D eigenvalue weighted by molar-refractivity contribution is 0.0520. The molecule has 1 aromatic rings. The maximum absolute atomic E-state index is 12.3. The molecule has 0 saturated carbocycles. The zero-order valence-electron chi connectivity index (χ0n) is 10.9. The largest absolute Gasteiger partial charge is 0.462 e. The average molecular weight is 270 g/mol. The highest BCUT2D eigenvalue weighted by molar-refractivity contribution is 7.14. The lowest BCUT2D eigenvalue weighted by atomic mass is 10.1. The number of esters is 1. The molecule has 1 aromatic heterocycles. The summed E-state index contributed by atoms with van der Waals surface area (Å²) in [5.41, 5.74) is 6.31. The molecular formula is C12H18N2O3S. The van der Waals surface area contributed by atoms with Gasteiger partial charge in [0, 0.05) is 18.5 Å². The van der Waals surface area contributed by atoms with Crippen molar-refractivity contribution < 1.29 is 14.3 Å². The Bertz CT molecular complexity index is 439. The summed E-state index contributed by atoms with van der Waals surface area (Å²) < 4.78 is 4.92. The first-order valence-corrected chi connectivity index (χ1v) is 6.78. The SMILES string of the molecule is CCOC(=O)c1csc(N)c1C(=O)N(CC)CC. The average Bonchev–Trinajstić information content (AvgIpc) is 2.73. The van der Waals surface area contributed by atoms with Crippen molar-refractivity contribution in [1.29, 1.82) is 0 Å². The highest BCUT2D eigenvalue weighted by atomic mass is 32.1. The van der Waals surface area contributed by atoms with E-state index in [-0.39, 0.29) is 23.6 Å². The number of nitrogen functional groups attached to an aromatic ring is 1. The van der Waals surface area contributed by atoms with Crippen molar-refractivity contribution >= 4 is 28.2 Å². The van der Waals surface area contributed by atoms with Crippen LogP contribution in [0.4, 0.5) is 5.00 Å². The van der Waals surface area contributed by atoms with Gasteiger partial charge in [0.05, 0.1) is 22.7 Å². The maximum atomic E-state index is 12.3. The summed E-state index contributed by atoms with van der Waals surface area (Å²) in [4.78, 5) is 25.6. The molecule has 0 bridgehead atoms. The maximum Gasteiger partial charge on any atom is 0.339 e. The number of nitrogens with two attached hydrogens (primary N) is 1. The molecule has 5 nitrogen and oxygen atoms in total. The van der Waals surface area contributed by atoms with Crippen LogP contribution in [-0.4, -0.2) is 36.5 Å². The summed E-state index contributed by atoms with van der Waals surface area (Å²) >= 11 is 1.18.